The highest BCUT2D eigenvalue weighted by molar-refractivity contribution is 7.88. The Hall–Kier alpha value is -0.880. The first-order valence-corrected chi connectivity index (χ1v) is 8.66. The molecule has 0 saturated carbocycles. The molecular weight excluding hydrogens is 296 g/mol. The SMILES string of the molecule is O=S(=O)(Cc1ccccc1)N1CCN(C/C=C/Cl)CC1. The Bertz CT molecular complexity index is 538. The average molecular weight is 315 g/mol. The molecule has 2 rings (SSSR count). The summed E-state index contributed by atoms with van der Waals surface area (Å²) in [6, 6.07) is 9.31. The molecule has 1 heterocycles. The average Bonchev–Trinajstić information content (AvgIpc) is 2.46. The highest BCUT2D eigenvalue weighted by Crippen LogP contribution is 2.13. The zero-order chi connectivity index (χ0) is 14.4. The van der Waals surface area contributed by atoms with Gasteiger partial charge in [-0.2, -0.15) is 4.31 Å². The van der Waals surface area contributed by atoms with Crippen LogP contribution in [0.2, 0.25) is 0 Å². The summed E-state index contributed by atoms with van der Waals surface area (Å²) in [5, 5.41) is 0. The van der Waals surface area contributed by atoms with Crippen molar-refractivity contribution in [3.63, 3.8) is 0 Å². The van der Waals surface area contributed by atoms with Crippen molar-refractivity contribution in [3.8, 4) is 0 Å². The molecule has 0 radical (unpaired) electrons. The molecule has 0 unspecified atom stereocenters. The van der Waals surface area contributed by atoms with Crippen molar-refractivity contribution in [2.45, 2.75) is 5.75 Å². The Kier molecular flexibility index (Phi) is 5.60. The summed E-state index contributed by atoms with van der Waals surface area (Å²) in [5.74, 6) is 0.0788. The summed E-state index contributed by atoms with van der Waals surface area (Å²) in [4.78, 5) is 2.19. The van der Waals surface area contributed by atoms with E-state index in [0.717, 1.165) is 25.2 Å². The summed E-state index contributed by atoms with van der Waals surface area (Å²) >= 11 is 5.50. The van der Waals surface area contributed by atoms with Gasteiger partial charge in [-0.3, -0.25) is 4.90 Å². The Balaban J connectivity index is 1.92. The summed E-state index contributed by atoms with van der Waals surface area (Å²) in [6.45, 7) is 3.36. The normalized spacial score (nSPS) is 18.6. The molecule has 110 valence electrons. The molecule has 0 aliphatic carbocycles. The highest BCUT2D eigenvalue weighted by Gasteiger charge is 2.26. The van der Waals surface area contributed by atoms with Gasteiger partial charge in [0.1, 0.15) is 0 Å². The lowest BCUT2D eigenvalue weighted by Gasteiger charge is -2.33. The van der Waals surface area contributed by atoms with Crippen LogP contribution in [0, 0.1) is 0 Å². The Morgan fingerprint density at radius 1 is 1.10 bits per heavy atom. The first-order valence-electron chi connectivity index (χ1n) is 6.61. The number of rotatable bonds is 5. The second-order valence-corrected chi connectivity index (χ2v) is 7.02. The van der Waals surface area contributed by atoms with E-state index in [4.69, 9.17) is 11.6 Å². The number of halogens is 1. The fraction of sp³-hybridized carbons (Fsp3) is 0.429. The molecule has 1 aliphatic heterocycles. The van der Waals surface area contributed by atoms with Crippen LogP contribution < -0.4 is 0 Å². The predicted octanol–water partition coefficient (Wildman–Crippen LogP) is 1.89. The topological polar surface area (TPSA) is 40.6 Å². The van der Waals surface area contributed by atoms with E-state index in [0.29, 0.717) is 13.1 Å². The summed E-state index contributed by atoms with van der Waals surface area (Å²) in [7, 11) is -3.22. The van der Waals surface area contributed by atoms with E-state index in [1.165, 1.54) is 5.54 Å². The molecule has 0 spiro atoms. The van der Waals surface area contributed by atoms with Gasteiger partial charge in [0.15, 0.2) is 0 Å². The van der Waals surface area contributed by atoms with Crippen molar-refractivity contribution < 1.29 is 8.42 Å². The van der Waals surface area contributed by atoms with Gasteiger partial charge in [0.25, 0.3) is 0 Å². The van der Waals surface area contributed by atoms with Gasteiger partial charge in [0.05, 0.1) is 5.75 Å². The molecule has 0 N–H and O–H groups in total. The van der Waals surface area contributed by atoms with Crippen molar-refractivity contribution in [2.24, 2.45) is 0 Å². The van der Waals surface area contributed by atoms with Gasteiger partial charge in [0.2, 0.25) is 10.0 Å². The highest BCUT2D eigenvalue weighted by atomic mass is 35.5. The number of sulfonamides is 1. The van der Waals surface area contributed by atoms with Gasteiger partial charge < -0.3 is 0 Å². The maximum absolute atomic E-state index is 12.3. The molecule has 1 fully saturated rings. The summed E-state index contributed by atoms with van der Waals surface area (Å²) in [6.07, 6.45) is 1.87. The first-order chi connectivity index (χ1) is 9.62. The van der Waals surface area contributed by atoms with E-state index in [2.05, 4.69) is 4.90 Å². The molecule has 1 saturated heterocycles. The van der Waals surface area contributed by atoms with Crippen molar-refractivity contribution in [1.29, 1.82) is 0 Å². The van der Waals surface area contributed by atoms with Crippen molar-refractivity contribution in [2.75, 3.05) is 32.7 Å². The molecule has 0 aromatic heterocycles. The van der Waals surface area contributed by atoms with Crippen molar-refractivity contribution in [1.82, 2.24) is 9.21 Å². The van der Waals surface area contributed by atoms with Gasteiger partial charge in [0, 0.05) is 38.3 Å². The Labute approximate surface area is 125 Å². The minimum atomic E-state index is -3.22. The summed E-state index contributed by atoms with van der Waals surface area (Å²) < 4.78 is 26.3. The lowest BCUT2D eigenvalue weighted by molar-refractivity contribution is 0.204. The fourth-order valence-corrected chi connectivity index (χ4v) is 3.85. The van der Waals surface area contributed by atoms with E-state index in [1.807, 2.05) is 36.4 Å². The van der Waals surface area contributed by atoms with Crippen LogP contribution in [0.3, 0.4) is 0 Å². The largest absolute Gasteiger partial charge is 0.297 e. The number of piperazine rings is 1. The van der Waals surface area contributed by atoms with Crippen LogP contribution >= 0.6 is 11.6 Å². The number of nitrogens with zero attached hydrogens (tertiary/aromatic N) is 2. The molecule has 0 bridgehead atoms. The quantitative estimate of drug-likeness (QED) is 0.833. The van der Waals surface area contributed by atoms with Gasteiger partial charge in [-0.25, -0.2) is 8.42 Å². The molecule has 6 heteroatoms. The molecule has 4 nitrogen and oxygen atoms in total. The second kappa shape index (κ2) is 7.22. The zero-order valence-corrected chi connectivity index (χ0v) is 12.9. The summed E-state index contributed by atoms with van der Waals surface area (Å²) in [5.41, 5.74) is 2.33. The predicted molar refractivity (Wildman–Crippen MR) is 82.1 cm³/mol. The standard InChI is InChI=1S/C14H19ClN2O2S/c15-7-4-8-16-9-11-17(12-10-16)20(18,19)13-14-5-2-1-3-6-14/h1-7H,8-13H2/b7-4+. The van der Waals surface area contributed by atoms with Crippen LogP contribution in [-0.4, -0.2) is 50.3 Å². The molecule has 0 atom stereocenters. The minimum absolute atomic E-state index is 0.0788. The Morgan fingerprint density at radius 2 is 1.75 bits per heavy atom. The van der Waals surface area contributed by atoms with Crippen LogP contribution in [0.5, 0.6) is 0 Å². The van der Waals surface area contributed by atoms with Gasteiger partial charge in [-0.15, -0.1) is 0 Å². The monoisotopic (exact) mass is 314 g/mol. The van der Waals surface area contributed by atoms with Gasteiger partial charge in [-0.1, -0.05) is 48.0 Å². The molecular formula is C14H19ClN2O2S. The smallest absolute Gasteiger partial charge is 0.218 e. The first kappa shape index (κ1) is 15.5. The second-order valence-electron chi connectivity index (χ2n) is 4.80. The number of hydrogen-bond donors (Lipinski definition) is 0. The third-order valence-corrected chi connectivity index (χ3v) is 5.40. The molecule has 1 aliphatic rings. The van der Waals surface area contributed by atoms with E-state index < -0.39 is 10.0 Å². The zero-order valence-electron chi connectivity index (χ0n) is 11.3. The molecule has 1 aromatic carbocycles. The van der Waals surface area contributed by atoms with Crippen molar-refractivity contribution in [3.05, 3.63) is 47.5 Å². The number of benzene rings is 1. The van der Waals surface area contributed by atoms with Gasteiger partial charge in [-0.05, 0) is 5.56 Å². The lowest BCUT2D eigenvalue weighted by atomic mass is 10.2. The molecule has 20 heavy (non-hydrogen) atoms. The number of hydrogen-bond acceptors (Lipinski definition) is 3. The van der Waals surface area contributed by atoms with Crippen molar-refractivity contribution >= 4 is 21.6 Å². The van der Waals surface area contributed by atoms with Crippen LogP contribution in [0.4, 0.5) is 0 Å². The Morgan fingerprint density at radius 3 is 2.35 bits per heavy atom. The van der Waals surface area contributed by atoms with E-state index in [-0.39, 0.29) is 5.75 Å². The third kappa shape index (κ3) is 4.31. The van der Waals surface area contributed by atoms with E-state index >= 15 is 0 Å². The third-order valence-electron chi connectivity index (χ3n) is 3.37. The minimum Gasteiger partial charge on any atom is -0.297 e. The molecule has 0 amide bonds. The lowest BCUT2D eigenvalue weighted by Crippen LogP contribution is -2.48. The maximum Gasteiger partial charge on any atom is 0.218 e. The van der Waals surface area contributed by atoms with Crippen LogP contribution in [0.15, 0.2) is 41.9 Å². The maximum atomic E-state index is 12.3. The van der Waals surface area contributed by atoms with Crippen LogP contribution in [0.1, 0.15) is 5.56 Å². The van der Waals surface area contributed by atoms with E-state index in [9.17, 15) is 8.42 Å². The molecule has 1 aromatic rings. The fourth-order valence-electron chi connectivity index (χ4n) is 2.26. The van der Waals surface area contributed by atoms with Crippen LogP contribution in [-0.2, 0) is 15.8 Å². The van der Waals surface area contributed by atoms with E-state index in [1.54, 1.807) is 4.31 Å². The van der Waals surface area contributed by atoms with Crippen LogP contribution in [0.25, 0.3) is 0 Å². The van der Waals surface area contributed by atoms with Gasteiger partial charge >= 0.3 is 0 Å².